The van der Waals surface area contributed by atoms with Crippen molar-refractivity contribution in [1.82, 2.24) is 20.2 Å². The quantitative estimate of drug-likeness (QED) is 0.524. The molecule has 1 fully saturated rings. The highest BCUT2D eigenvalue weighted by atomic mass is 35.5. The number of amides is 3. The van der Waals surface area contributed by atoms with Gasteiger partial charge in [-0.1, -0.05) is 18.5 Å². The van der Waals surface area contributed by atoms with E-state index in [0.717, 1.165) is 36.7 Å². The maximum absolute atomic E-state index is 12.8. The van der Waals surface area contributed by atoms with Gasteiger partial charge in [-0.15, -0.1) is 11.3 Å². The summed E-state index contributed by atoms with van der Waals surface area (Å²) in [4.78, 5) is 39.2. The fourth-order valence-electron chi connectivity index (χ4n) is 3.74. The first-order chi connectivity index (χ1) is 16.0. The number of aromatic amines is 1. The van der Waals surface area contributed by atoms with Crippen LogP contribution in [0.2, 0.25) is 4.34 Å². The Bertz CT molecular complexity index is 1060. The normalized spacial score (nSPS) is 13.8. The molecule has 8 nitrogen and oxygen atoms in total. The second-order valence-corrected chi connectivity index (χ2v) is 9.47. The maximum Gasteiger partial charge on any atom is 0.322 e. The van der Waals surface area contributed by atoms with Gasteiger partial charge in [0.05, 0.1) is 15.8 Å². The van der Waals surface area contributed by atoms with E-state index in [2.05, 4.69) is 20.2 Å². The van der Waals surface area contributed by atoms with Crippen LogP contribution >= 0.6 is 22.9 Å². The van der Waals surface area contributed by atoms with E-state index in [-0.39, 0.29) is 11.9 Å². The Morgan fingerprint density at radius 3 is 2.52 bits per heavy atom. The minimum absolute atomic E-state index is 0.0357. The number of carbonyl (C=O) groups excluding carboxylic acids is 2. The summed E-state index contributed by atoms with van der Waals surface area (Å²) in [6.45, 7) is 5.80. The number of nitrogens with one attached hydrogen (secondary N) is 2. The lowest BCUT2D eigenvalue weighted by molar-refractivity contribution is 0.0751. The molecule has 2 N–H and O–H groups in total. The van der Waals surface area contributed by atoms with Gasteiger partial charge in [0.1, 0.15) is 5.82 Å². The highest BCUT2D eigenvalue weighted by Gasteiger charge is 2.24. The lowest BCUT2D eigenvalue weighted by Gasteiger charge is -2.36. The number of rotatable bonds is 7. The number of H-pyrrole nitrogens is 1. The van der Waals surface area contributed by atoms with Crippen molar-refractivity contribution in [2.24, 2.45) is 0 Å². The molecule has 2 aromatic heterocycles. The van der Waals surface area contributed by atoms with E-state index in [4.69, 9.17) is 11.6 Å². The Morgan fingerprint density at radius 2 is 1.91 bits per heavy atom. The Balaban J connectivity index is 1.40. The molecule has 0 unspecified atom stereocenters. The van der Waals surface area contributed by atoms with Crippen molar-refractivity contribution < 1.29 is 9.59 Å². The first-order valence-corrected chi connectivity index (χ1v) is 12.2. The molecule has 1 saturated heterocycles. The number of benzene rings is 1. The predicted molar refractivity (Wildman–Crippen MR) is 132 cm³/mol. The summed E-state index contributed by atoms with van der Waals surface area (Å²) in [6.07, 6.45) is 4.29. The lowest BCUT2D eigenvalue weighted by Crippen LogP contribution is -2.48. The fraction of sp³-hybridized carbons (Fsp3) is 0.348. The largest absolute Gasteiger partial charge is 0.368 e. The van der Waals surface area contributed by atoms with E-state index < -0.39 is 0 Å². The fourth-order valence-corrected chi connectivity index (χ4v) is 4.75. The minimum atomic E-state index is -0.151. The van der Waals surface area contributed by atoms with Crippen LogP contribution in [-0.2, 0) is 6.54 Å². The van der Waals surface area contributed by atoms with Gasteiger partial charge in [-0.3, -0.25) is 9.69 Å². The Labute approximate surface area is 202 Å². The SMILES string of the molecule is CCCNC(=O)N(Cc1ncc[nH]1)c1ccc(N2CCN(C(=O)c3ccc(Cl)s3)CC2)cc1. The molecule has 0 spiro atoms. The van der Waals surface area contributed by atoms with E-state index in [1.54, 1.807) is 29.4 Å². The van der Waals surface area contributed by atoms with Crippen LogP contribution in [0.5, 0.6) is 0 Å². The zero-order valence-electron chi connectivity index (χ0n) is 18.5. The molecular weight excluding hydrogens is 460 g/mol. The second-order valence-electron chi connectivity index (χ2n) is 7.75. The second kappa shape index (κ2) is 10.7. The molecule has 1 aliphatic rings. The van der Waals surface area contributed by atoms with Gasteiger partial charge in [0, 0.05) is 56.5 Å². The van der Waals surface area contributed by atoms with Crippen molar-refractivity contribution in [3.63, 3.8) is 0 Å². The van der Waals surface area contributed by atoms with Crippen LogP contribution in [-0.4, -0.2) is 59.5 Å². The summed E-state index contributed by atoms with van der Waals surface area (Å²) < 4.78 is 0.626. The number of nitrogens with zero attached hydrogens (tertiary/aromatic N) is 4. The molecular formula is C23H27ClN6O2S. The molecule has 4 rings (SSSR count). The monoisotopic (exact) mass is 486 g/mol. The standard InChI is InChI=1S/C23H27ClN6O2S/c1-2-9-27-23(32)30(16-21-25-10-11-26-21)18-5-3-17(4-6-18)28-12-14-29(15-13-28)22(31)19-7-8-20(24)33-19/h3-8,10-11H,2,9,12-16H2,1H3,(H,25,26)(H,27,32). The molecule has 3 amide bonds. The number of carbonyl (C=O) groups is 2. The van der Waals surface area contributed by atoms with Gasteiger partial charge in [0.15, 0.2) is 0 Å². The first-order valence-electron chi connectivity index (χ1n) is 11.0. The molecule has 1 aromatic carbocycles. The number of anilines is 2. The lowest BCUT2D eigenvalue weighted by atomic mass is 10.2. The van der Waals surface area contributed by atoms with Crippen LogP contribution < -0.4 is 15.1 Å². The number of piperazine rings is 1. The summed E-state index contributed by atoms with van der Waals surface area (Å²) in [5, 5.41) is 2.94. The number of halogens is 1. The van der Waals surface area contributed by atoms with Crippen LogP contribution in [0.3, 0.4) is 0 Å². The average molecular weight is 487 g/mol. The molecule has 174 valence electrons. The molecule has 0 aliphatic carbocycles. The summed E-state index contributed by atoms with van der Waals surface area (Å²) in [5.74, 6) is 0.757. The summed E-state index contributed by atoms with van der Waals surface area (Å²) >= 11 is 7.29. The van der Waals surface area contributed by atoms with E-state index in [1.165, 1.54) is 11.3 Å². The van der Waals surface area contributed by atoms with E-state index >= 15 is 0 Å². The zero-order valence-corrected chi connectivity index (χ0v) is 20.0. The van der Waals surface area contributed by atoms with Crippen molar-refractivity contribution >= 4 is 46.3 Å². The van der Waals surface area contributed by atoms with Gasteiger partial charge < -0.3 is 20.1 Å². The molecule has 1 aliphatic heterocycles. The van der Waals surface area contributed by atoms with E-state index in [0.29, 0.717) is 35.4 Å². The van der Waals surface area contributed by atoms with Gasteiger partial charge in [-0.05, 0) is 42.8 Å². The van der Waals surface area contributed by atoms with Crippen molar-refractivity contribution in [3.05, 3.63) is 63.8 Å². The third-order valence-electron chi connectivity index (χ3n) is 5.51. The van der Waals surface area contributed by atoms with Gasteiger partial charge in [-0.25, -0.2) is 9.78 Å². The summed E-state index contributed by atoms with van der Waals surface area (Å²) in [6, 6.07) is 11.3. The molecule has 3 aromatic rings. The first kappa shape index (κ1) is 23.1. The number of aromatic nitrogens is 2. The maximum atomic E-state index is 12.8. The van der Waals surface area contributed by atoms with Crippen LogP contribution in [0.4, 0.5) is 16.2 Å². The highest BCUT2D eigenvalue weighted by Crippen LogP contribution is 2.25. The third kappa shape index (κ3) is 5.66. The van der Waals surface area contributed by atoms with E-state index in [1.807, 2.05) is 36.1 Å². The number of hydrogen-bond acceptors (Lipinski definition) is 5. The topological polar surface area (TPSA) is 84.6 Å². The smallest absolute Gasteiger partial charge is 0.322 e. The molecule has 0 atom stereocenters. The van der Waals surface area contributed by atoms with Crippen LogP contribution in [0.25, 0.3) is 0 Å². The van der Waals surface area contributed by atoms with E-state index in [9.17, 15) is 9.59 Å². The van der Waals surface area contributed by atoms with Gasteiger partial charge in [0.25, 0.3) is 5.91 Å². The van der Waals surface area contributed by atoms with Crippen molar-refractivity contribution in [1.29, 1.82) is 0 Å². The van der Waals surface area contributed by atoms with Crippen molar-refractivity contribution in [2.75, 3.05) is 42.5 Å². The molecule has 10 heteroatoms. The van der Waals surface area contributed by atoms with Crippen LogP contribution in [0.15, 0.2) is 48.8 Å². The third-order valence-corrected chi connectivity index (χ3v) is 6.73. The number of thiophene rings is 1. The molecule has 0 bridgehead atoms. The van der Waals surface area contributed by atoms with Crippen molar-refractivity contribution in [3.8, 4) is 0 Å². The number of imidazole rings is 1. The van der Waals surface area contributed by atoms with Gasteiger partial charge in [-0.2, -0.15) is 0 Å². The predicted octanol–water partition coefficient (Wildman–Crippen LogP) is 4.21. The zero-order chi connectivity index (χ0) is 23.2. The highest BCUT2D eigenvalue weighted by molar-refractivity contribution is 7.17. The average Bonchev–Trinajstić information content (AvgIpc) is 3.52. The van der Waals surface area contributed by atoms with Crippen molar-refractivity contribution in [2.45, 2.75) is 19.9 Å². The molecule has 0 saturated carbocycles. The Kier molecular flexibility index (Phi) is 7.51. The van der Waals surface area contributed by atoms with Crippen LogP contribution in [0.1, 0.15) is 28.8 Å². The summed E-state index contributed by atoms with van der Waals surface area (Å²) in [7, 11) is 0. The molecule has 33 heavy (non-hydrogen) atoms. The van der Waals surface area contributed by atoms with Gasteiger partial charge >= 0.3 is 6.03 Å². The minimum Gasteiger partial charge on any atom is -0.368 e. The Morgan fingerprint density at radius 1 is 1.15 bits per heavy atom. The number of hydrogen-bond donors (Lipinski definition) is 2. The Hall–Kier alpha value is -3.04. The summed E-state index contributed by atoms with van der Waals surface area (Å²) in [5.41, 5.74) is 1.86. The molecule has 3 heterocycles. The van der Waals surface area contributed by atoms with Gasteiger partial charge in [0.2, 0.25) is 0 Å². The molecule has 0 radical (unpaired) electrons. The number of urea groups is 1. The van der Waals surface area contributed by atoms with Crippen LogP contribution in [0, 0.1) is 0 Å².